The minimum absolute atomic E-state index is 0.00982. The summed E-state index contributed by atoms with van der Waals surface area (Å²) in [6, 6.07) is 15.7. The van der Waals surface area contributed by atoms with Gasteiger partial charge in [0.2, 0.25) is 5.91 Å². The first-order valence-electron chi connectivity index (χ1n) is 11.8. The number of amides is 2. The number of ether oxygens (including phenoxy) is 1. The minimum Gasteiger partial charge on any atom is -0.481 e. The number of hydrogen-bond acceptors (Lipinski definition) is 4. The molecule has 0 heterocycles. The Labute approximate surface area is 198 Å². The van der Waals surface area contributed by atoms with E-state index in [4.69, 9.17) is 4.74 Å². The van der Waals surface area contributed by atoms with Gasteiger partial charge in [-0.05, 0) is 41.5 Å². The van der Waals surface area contributed by atoms with Gasteiger partial charge in [-0.25, -0.2) is 4.79 Å². The van der Waals surface area contributed by atoms with Crippen LogP contribution in [0.3, 0.4) is 0 Å². The van der Waals surface area contributed by atoms with Gasteiger partial charge in [-0.1, -0.05) is 67.1 Å². The molecule has 5 rings (SSSR count). The molecule has 34 heavy (non-hydrogen) atoms. The summed E-state index contributed by atoms with van der Waals surface area (Å²) >= 11 is 0. The van der Waals surface area contributed by atoms with Gasteiger partial charge in [-0.15, -0.1) is 0 Å². The number of carbonyl (C=O) groups is 3. The Kier molecular flexibility index (Phi) is 6.09. The molecule has 3 aliphatic carbocycles. The zero-order valence-electron chi connectivity index (χ0n) is 18.8. The quantitative estimate of drug-likeness (QED) is 0.568. The summed E-state index contributed by atoms with van der Waals surface area (Å²) in [6.45, 7) is 0.235. The van der Waals surface area contributed by atoms with E-state index in [1.165, 1.54) is 11.1 Å². The van der Waals surface area contributed by atoms with Crippen LogP contribution in [-0.4, -0.2) is 41.8 Å². The molecule has 7 heteroatoms. The number of hydrogen-bond donors (Lipinski definition) is 3. The second-order valence-corrected chi connectivity index (χ2v) is 9.29. The van der Waals surface area contributed by atoms with Gasteiger partial charge < -0.3 is 20.5 Å². The largest absolute Gasteiger partial charge is 0.481 e. The van der Waals surface area contributed by atoms with Gasteiger partial charge in [0, 0.05) is 12.0 Å². The van der Waals surface area contributed by atoms with Gasteiger partial charge >= 0.3 is 12.1 Å². The van der Waals surface area contributed by atoms with E-state index in [0.717, 1.165) is 17.5 Å². The van der Waals surface area contributed by atoms with Crippen LogP contribution < -0.4 is 10.6 Å². The molecule has 3 aliphatic rings. The number of rotatable bonds is 6. The first-order chi connectivity index (χ1) is 16.5. The van der Waals surface area contributed by atoms with Crippen LogP contribution in [0.5, 0.6) is 0 Å². The number of carboxylic acids is 1. The molecular weight excluding hydrogens is 432 g/mol. The maximum absolute atomic E-state index is 12.6. The Morgan fingerprint density at radius 3 is 2.26 bits per heavy atom. The molecule has 2 amide bonds. The Hall–Kier alpha value is -3.61. The third kappa shape index (κ3) is 4.30. The van der Waals surface area contributed by atoms with Gasteiger partial charge in [0.05, 0.1) is 17.9 Å². The molecule has 0 radical (unpaired) electrons. The summed E-state index contributed by atoms with van der Waals surface area (Å²) in [4.78, 5) is 36.5. The van der Waals surface area contributed by atoms with Crippen LogP contribution in [0.15, 0.2) is 60.7 Å². The van der Waals surface area contributed by atoms with Crippen molar-refractivity contribution in [2.45, 2.75) is 43.7 Å². The molecule has 4 atom stereocenters. The second-order valence-electron chi connectivity index (χ2n) is 9.29. The Morgan fingerprint density at radius 2 is 1.59 bits per heavy atom. The van der Waals surface area contributed by atoms with Crippen molar-refractivity contribution in [1.29, 1.82) is 0 Å². The molecule has 2 unspecified atom stereocenters. The van der Waals surface area contributed by atoms with E-state index in [1.807, 2.05) is 24.3 Å². The topological polar surface area (TPSA) is 105 Å². The maximum atomic E-state index is 12.6. The molecule has 0 aromatic heterocycles. The Bertz CT molecular complexity index is 1100. The molecule has 0 saturated heterocycles. The fraction of sp³-hybridized carbons (Fsp3) is 0.370. The molecule has 7 nitrogen and oxygen atoms in total. The monoisotopic (exact) mass is 460 g/mol. The van der Waals surface area contributed by atoms with E-state index < -0.39 is 23.9 Å². The Balaban J connectivity index is 1.13. The van der Waals surface area contributed by atoms with Crippen molar-refractivity contribution < 1.29 is 24.2 Å². The zero-order chi connectivity index (χ0) is 23.7. The van der Waals surface area contributed by atoms with Crippen LogP contribution in [0.25, 0.3) is 11.1 Å². The third-order valence-corrected chi connectivity index (χ3v) is 7.23. The second kappa shape index (κ2) is 9.33. The van der Waals surface area contributed by atoms with E-state index in [-0.39, 0.29) is 30.5 Å². The molecule has 3 N–H and O–H groups in total. The number of nitrogens with one attached hydrogen (secondary N) is 2. The van der Waals surface area contributed by atoms with Crippen LogP contribution in [0.1, 0.15) is 42.7 Å². The SMILES string of the molecule is O=C(NC1C=CC(C(=O)N[C@@H]2CCC[C@@H]2C(=O)O)C1)OCC1c2ccccc2-c2ccccc21. The average molecular weight is 461 g/mol. The average Bonchev–Trinajstić information content (AvgIpc) is 3.56. The van der Waals surface area contributed by atoms with Gasteiger partial charge in [0.1, 0.15) is 6.61 Å². The van der Waals surface area contributed by atoms with Crippen molar-refractivity contribution in [3.63, 3.8) is 0 Å². The molecule has 0 spiro atoms. The first kappa shape index (κ1) is 22.2. The van der Waals surface area contributed by atoms with E-state index in [1.54, 1.807) is 12.2 Å². The van der Waals surface area contributed by atoms with Crippen molar-refractivity contribution in [3.05, 3.63) is 71.8 Å². The van der Waals surface area contributed by atoms with E-state index in [0.29, 0.717) is 19.3 Å². The predicted molar refractivity (Wildman–Crippen MR) is 126 cm³/mol. The number of benzene rings is 2. The zero-order valence-corrected chi connectivity index (χ0v) is 18.8. The summed E-state index contributed by atoms with van der Waals surface area (Å²) in [5, 5.41) is 15.0. The highest BCUT2D eigenvalue weighted by Gasteiger charge is 2.36. The van der Waals surface area contributed by atoms with Gasteiger partial charge in [-0.2, -0.15) is 0 Å². The molecule has 1 saturated carbocycles. The molecule has 0 aliphatic heterocycles. The third-order valence-electron chi connectivity index (χ3n) is 7.23. The summed E-state index contributed by atoms with van der Waals surface area (Å²) < 4.78 is 5.60. The fourth-order valence-electron chi connectivity index (χ4n) is 5.51. The van der Waals surface area contributed by atoms with Crippen molar-refractivity contribution in [2.75, 3.05) is 6.61 Å². The highest BCUT2D eigenvalue weighted by Crippen LogP contribution is 2.44. The van der Waals surface area contributed by atoms with Crippen LogP contribution in [0.4, 0.5) is 4.79 Å². The number of carbonyl (C=O) groups excluding carboxylic acids is 2. The molecule has 2 aromatic carbocycles. The highest BCUT2D eigenvalue weighted by molar-refractivity contribution is 5.83. The maximum Gasteiger partial charge on any atom is 0.407 e. The lowest BCUT2D eigenvalue weighted by molar-refractivity contribution is -0.142. The number of fused-ring (bicyclic) bond motifs is 3. The first-order valence-corrected chi connectivity index (χ1v) is 11.8. The van der Waals surface area contributed by atoms with E-state index in [9.17, 15) is 19.5 Å². The highest BCUT2D eigenvalue weighted by atomic mass is 16.5. The van der Waals surface area contributed by atoms with Gasteiger partial charge in [0.15, 0.2) is 0 Å². The fourth-order valence-corrected chi connectivity index (χ4v) is 5.51. The van der Waals surface area contributed by atoms with Crippen molar-refractivity contribution >= 4 is 18.0 Å². The number of carboxylic acid groups (broad SMARTS) is 1. The molecule has 2 aromatic rings. The predicted octanol–water partition coefficient (Wildman–Crippen LogP) is 3.84. The van der Waals surface area contributed by atoms with E-state index in [2.05, 4.69) is 34.9 Å². The minimum atomic E-state index is -0.862. The van der Waals surface area contributed by atoms with Gasteiger partial charge in [-0.3, -0.25) is 9.59 Å². The van der Waals surface area contributed by atoms with Crippen LogP contribution in [0, 0.1) is 11.8 Å². The van der Waals surface area contributed by atoms with Crippen molar-refractivity contribution in [1.82, 2.24) is 10.6 Å². The molecular formula is C27H28N2O5. The molecule has 0 bridgehead atoms. The summed E-state index contributed by atoms with van der Waals surface area (Å²) in [6.07, 6.45) is 5.56. The lowest BCUT2D eigenvalue weighted by Gasteiger charge is -2.20. The molecule has 176 valence electrons. The normalized spacial score (nSPS) is 24.9. The molecule has 1 fully saturated rings. The Morgan fingerprint density at radius 1 is 0.912 bits per heavy atom. The lowest BCUT2D eigenvalue weighted by Crippen LogP contribution is -2.43. The van der Waals surface area contributed by atoms with Crippen LogP contribution in [0.2, 0.25) is 0 Å². The smallest absolute Gasteiger partial charge is 0.407 e. The summed E-state index contributed by atoms with van der Waals surface area (Å²) in [7, 11) is 0. The van der Waals surface area contributed by atoms with Gasteiger partial charge in [0.25, 0.3) is 0 Å². The summed E-state index contributed by atoms with van der Waals surface area (Å²) in [5.74, 6) is -1.98. The lowest BCUT2D eigenvalue weighted by atomic mass is 9.98. The number of aliphatic carboxylic acids is 1. The van der Waals surface area contributed by atoms with Crippen molar-refractivity contribution in [2.24, 2.45) is 11.8 Å². The van der Waals surface area contributed by atoms with E-state index >= 15 is 0 Å². The van der Waals surface area contributed by atoms with Crippen LogP contribution >= 0.6 is 0 Å². The number of alkyl carbamates (subject to hydrolysis) is 1. The summed E-state index contributed by atoms with van der Waals surface area (Å²) in [5.41, 5.74) is 4.65. The van der Waals surface area contributed by atoms with Crippen LogP contribution in [-0.2, 0) is 14.3 Å². The van der Waals surface area contributed by atoms with Crippen molar-refractivity contribution in [3.8, 4) is 11.1 Å². The standard InChI is InChI=1S/C27H28N2O5/c30-25(29-24-11-5-10-22(24)26(31)32)16-12-13-17(14-16)28-27(33)34-15-23-20-8-3-1-6-18(20)19-7-2-4-9-21(19)23/h1-4,6-9,12-13,16-17,22-24H,5,10-11,14-15H2,(H,28,33)(H,29,30)(H,31,32)/t16?,17?,22-,24+/m0/s1.